The number of ether oxygens (including phenoxy) is 2. The van der Waals surface area contributed by atoms with Gasteiger partial charge in [0, 0.05) is 31.9 Å². The number of nitrogens with two attached hydrogens (primary N) is 1. The number of methoxy groups -OCH3 is 1. The molecule has 0 aromatic heterocycles. The van der Waals surface area contributed by atoms with Crippen molar-refractivity contribution in [1.29, 1.82) is 0 Å². The number of aliphatic imine (C=N–C) groups is 1. The lowest BCUT2D eigenvalue weighted by molar-refractivity contribution is 0.310. The van der Waals surface area contributed by atoms with Crippen LogP contribution < -0.4 is 20.1 Å². The molecule has 1 saturated heterocycles. The smallest absolute Gasteiger partial charge is 0.191 e. The van der Waals surface area contributed by atoms with E-state index >= 15 is 0 Å². The first-order valence-electron chi connectivity index (χ1n) is 9.45. The van der Waals surface area contributed by atoms with Crippen LogP contribution in [0.25, 0.3) is 0 Å². The minimum Gasteiger partial charge on any atom is -0.493 e. The predicted octanol–water partition coefficient (Wildman–Crippen LogP) is 3.49. The number of nitrogens with zero attached hydrogens (tertiary/aromatic N) is 3. The Labute approximate surface area is 188 Å². The van der Waals surface area contributed by atoms with Crippen LogP contribution in [-0.2, 0) is 6.54 Å². The van der Waals surface area contributed by atoms with Crippen LogP contribution in [0.3, 0.4) is 0 Å². The average molecular weight is 514 g/mol. The summed E-state index contributed by atoms with van der Waals surface area (Å²) < 4.78 is 24.0. The van der Waals surface area contributed by atoms with E-state index in [1.54, 1.807) is 7.11 Å². The molecule has 0 radical (unpaired) electrons. The molecule has 6 nitrogen and oxygen atoms in total. The van der Waals surface area contributed by atoms with Crippen LogP contribution >= 0.6 is 24.0 Å². The van der Waals surface area contributed by atoms with E-state index in [-0.39, 0.29) is 29.8 Å². The Hall–Kier alpha value is -2.23. The van der Waals surface area contributed by atoms with E-state index in [9.17, 15) is 4.39 Å². The molecule has 1 heterocycles. The topological polar surface area (TPSA) is 63.3 Å². The second-order valence-electron chi connectivity index (χ2n) is 6.54. The Bertz CT molecular complexity index is 809. The lowest BCUT2D eigenvalue weighted by atomic mass is 10.2. The van der Waals surface area contributed by atoms with Crippen molar-refractivity contribution in [2.75, 3.05) is 44.8 Å². The van der Waals surface area contributed by atoms with Crippen LogP contribution in [0.1, 0.15) is 12.5 Å². The molecule has 158 valence electrons. The maximum atomic E-state index is 13.1. The van der Waals surface area contributed by atoms with Crippen LogP contribution in [0.4, 0.5) is 10.1 Å². The van der Waals surface area contributed by atoms with E-state index < -0.39 is 0 Å². The number of hydrogen-bond donors (Lipinski definition) is 1. The van der Waals surface area contributed by atoms with Crippen LogP contribution in [0, 0.1) is 5.82 Å². The van der Waals surface area contributed by atoms with Crippen molar-refractivity contribution in [2.45, 2.75) is 13.5 Å². The molecular weight excluding hydrogens is 486 g/mol. The van der Waals surface area contributed by atoms with Crippen molar-refractivity contribution in [2.24, 2.45) is 10.7 Å². The van der Waals surface area contributed by atoms with Gasteiger partial charge < -0.3 is 25.0 Å². The molecule has 0 aliphatic carbocycles. The fourth-order valence-electron chi connectivity index (χ4n) is 3.21. The third-order valence-electron chi connectivity index (χ3n) is 4.75. The molecule has 0 amide bonds. The van der Waals surface area contributed by atoms with E-state index in [0.717, 1.165) is 37.4 Å². The van der Waals surface area contributed by atoms with Gasteiger partial charge in [-0.3, -0.25) is 0 Å². The predicted molar refractivity (Wildman–Crippen MR) is 125 cm³/mol. The molecule has 0 unspecified atom stereocenters. The van der Waals surface area contributed by atoms with Crippen LogP contribution in [-0.4, -0.2) is 50.8 Å². The minimum atomic E-state index is -0.218. The summed E-state index contributed by atoms with van der Waals surface area (Å²) in [7, 11) is 1.62. The Balaban J connectivity index is 0.00000300. The monoisotopic (exact) mass is 514 g/mol. The van der Waals surface area contributed by atoms with Gasteiger partial charge in [-0.2, -0.15) is 0 Å². The van der Waals surface area contributed by atoms with Crippen molar-refractivity contribution in [3.05, 3.63) is 53.8 Å². The first kappa shape index (κ1) is 23.1. The fraction of sp³-hybridized carbons (Fsp3) is 0.381. The van der Waals surface area contributed by atoms with E-state index in [0.29, 0.717) is 30.6 Å². The summed E-state index contributed by atoms with van der Waals surface area (Å²) in [5, 5.41) is 0. The van der Waals surface area contributed by atoms with Gasteiger partial charge in [-0.25, -0.2) is 9.38 Å². The van der Waals surface area contributed by atoms with Crippen molar-refractivity contribution in [3.8, 4) is 11.5 Å². The maximum absolute atomic E-state index is 13.1. The molecule has 0 saturated carbocycles. The highest BCUT2D eigenvalue weighted by molar-refractivity contribution is 14.0. The lowest BCUT2D eigenvalue weighted by Crippen LogP contribution is -2.51. The quantitative estimate of drug-likeness (QED) is 0.364. The van der Waals surface area contributed by atoms with E-state index in [2.05, 4.69) is 14.8 Å². The van der Waals surface area contributed by atoms with E-state index in [1.165, 1.54) is 12.1 Å². The van der Waals surface area contributed by atoms with Gasteiger partial charge in [0.25, 0.3) is 0 Å². The minimum absolute atomic E-state index is 0. The molecule has 8 heteroatoms. The largest absolute Gasteiger partial charge is 0.493 e. The Kier molecular flexibility index (Phi) is 8.81. The molecule has 2 aromatic carbocycles. The second kappa shape index (κ2) is 11.1. The molecule has 1 fully saturated rings. The zero-order chi connectivity index (χ0) is 19.9. The standard InChI is InChI=1S/C21H27FN4O2.HI/c1-3-28-20-14-16(4-9-19(20)27-2)15-24-21(23)26-12-10-25(11-13-26)18-7-5-17(22)6-8-18;/h4-9,14H,3,10-13,15H2,1-2H3,(H2,23,24);1H. The molecule has 2 N–H and O–H groups in total. The Morgan fingerprint density at radius 1 is 1.07 bits per heavy atom. The summed E-state index contributed by atoms with van der Waals surface area (Å²) in [6.45, 7) is 6.18. The van der Waals surface area contributed by atoms with Crippen molar-refractivity contribution in [3.63, 3.8) is 0 Å². The molecule has 0 atom stereocenters. The zero-order valence-electron chi connectivity index (χ0n) is 16.8. The van der Waals surface area contributed by atoms with Crippen LogP contribution in [0.2, 0.25) is 0 Å². The summed E-state index contributed by atoms with van der Waals surface area (Å²) in [5.41, 5.74) is 8.24. The number of halogens is 2. The third-order valence-corrected chi connectivity index (χ3v) is 4.75. The van der Waals surface area contributed by atoms with E-state index in [4.69, 9.17) is 15.2 Å². The number of rotatable bonds is 6. The maximum Gasteiger partial charge on any atom is 0.191 e. The van der Waals surface area contributed by atoms with Gasteiger partial charge in [0.1, 0.15) is 5.82 Å². The lowest BCUT2D eigenvalue weighted by Gasteiger charge is -2.36. The van der Waals surface area contributed by atoms with Crippen molar-refractivity contribution in [1.82, 2.24) is 4.90 Å². The average Bonchev–Trinajstić information content (AvgIpc) is 2.73. The van der Waals surface area contributed by atoms with Crippen LogP contribution in [0.15, 0.2) is 47.5 Å². The number of benzene rings is 2. The first-order chi connectivity index (χ1) is 13.6. The van der Waals surface area contributed by atoms with Crippen molar-refractivity contribution >= 4 is 35.6 Å². The van der Waals surface area contributed by atoms with Gasteiger partial charge in [-0.05, 0) is 48.9 Å². The molecule has 2 aromatic rings. The highest BCUT2D eigenvalue weighted by atomic mass is 127. The molecule has 29 heavy (non-hydrogen) atoms. The molecule has 0 spiro atoms. The number of piperazine rings is 1. The second-order valence-corrected chi connectivity index (χ2v) is 6.54. The highest BCUT2D eigenvalue weighted by Gasteiger charge is 2.18. The van der Waals surface area contributed by atoms with Crippen LogP contribution in [0.5, 0.6) is 11.5 Å². The number of anilines is 1. The van der Waals surface area contributed by atoms with Gasteiger partial charge in [0.05, 0.1) is 20.3 Å². The summed E-state index contributed by atoms with van der Waals surface area (Å²) in [6.07, 6.45) is 0. The summed E-state index contributed by atoms with van der Waals surface area (Å²) >= 11 is 0. The molecule has 1 aliphatic rings. The fourth-order valence-corrected chi connectivity index (χ4v) is 3.21. The SMILES string of the molecule is CCOc1cc(CN=C(N)N2CCN(c3ccc(F)cc3)CC2)ccc1OC.I. The van der Waals surface area contributed by atoms with Gasteiger partial charge in [-0.15, -0.1) is 24.0 Å². The van der Waals surface area contributed by atoms with Gasteiger partial charge in [0.15, 0.2) is 17.5 Å². The molecule has 3 rings (SSSR count). The third kappa shape index (κ3) is 6.12. The van der Waals surface area contributed by atoms with Crippen molar-refractivity contribution < 1.29 is 13.9 Å². The first-order valence-corrected chi connectivity index (χ1v) is 9.45. The molecular formula is C21H28FIN4O2. The summed E-state index contributed by atoms with van der Waals surface area (Å²) in [6, 6.07) is 12.4. The summed E-state index contributed by atoms with van der Waals surface area (Å²) in [5.74, 6) is 1.74. The Morgan fingerprint density at radius 2 is 1.76 bits per heavy atom. The Morgan fingerprint density at radius 3 is 2.38 bits per heavy atom. The number of hydrogen-bond acceptors (Lipinski definition) is 4. The normalized spacial score (nSPS) is 14.4. The summed E-state index contributed by atoms with van der Waals surface area (Å²) in [4.78, 5) is 8.84. The molecule has 1 aliphatic heterocycles. The van der Waals surface area contributed by atoms with Gasteiger partial charge in [-0.1, -0.05) is 6.07 Å². The molecule has 0 bridgehead atoms. The number of guanidine groups is 1. The zero-order valence-corrected chi connectivity index (χ0v) is 19.1. The van der Waals surface area contributed by atoms with E-state index in [1.807, 2.05) is 37.3 Å². The van der Waals surface area contributed by atoms with Gasteiger partial charge >= 0.3 is 0 Å². The highest BCUT2D eigenvalue weighted by Crippen LogP contribution is 2.28. The van der Waals surface area contributed by atoms with Gasteiger partial charge in [0.2, 0.25) is 0 Å².